The SMILES string of the molecule is CCCCN(C(=O)CN1C[C@H](c2ccc3c(c2)CCO3)[C@@H](C(=O)O)[C@@H]1CCN(CC)C(C)=O)c1cccc(CN)c1. The Balaban J connectivity index is 1.65. The van der Waals surface area contributed by atoms with Crippen molar-refractivity contribution in [2.24, 2.45) is 11.7 Å². The van der Waals surface area contributed by atoms with Crippen LogP contribution in [0.15, 0.2) is 42.5 Å². The summed E-state index contributed by atoms with van der Waals surface area (Å²) in [4.78, 5) is 44.5. The summed E-state index contributed by atoms with van der Waals surface area (Å²) in [7, 11) is 0. The third-order valence-electron chi connectivity index (χ3n) is 8.53. The van der Waals surface area contributed by atoms with Crippen LogP contribution in [0.4, 0.5) is 5.69 Å². The summed E-state index contributed by atoms with van der Waals surface area (Å²) < 4.78 is 5.68. The van der Waals surface area contributed by atoms with Gasteiger partial charge in [0, 0.05) is 63.7 Å². The van der Waals surface area contributed by atoms with Crippen LogP contribution >= 0.6 is 0 Å². The lowest BCUT2D eigenvalue weighted by atomic mass is 9.83. The average Bonchev–Trinajstić information content (AvgIpc) is 3.58. The number of nitrogens with zero attached hydrogens (tertiary/aromatic N) is 3. The maximum absolute atomic E-state index is 14.0. The van der Waals surface area contributed by atoms with Gasteiger partial charge in [-0.3, -0.25) is 19.3 Å². The molecule has 222 valence electrons. The van der Waals surface area contributed by atoms with Crippen LogP contribution in [0.1, 0.15) is 62.6 Å². The Morgan fingerprint density at radius 1 is 1.12 bits per heavy atom. The second kappa shape index (κ2) is 14.0. The van der Waals surface area contributed by atoms with Crippen molar-refractivity contribution in [1.82, 2.24) is 9.80 Å². The number of hydrogen-bond donors (Lipinski definition) is 2. The monoisotopic (exact) mass is 564 g/mol. The van der Waals surface area contributed by atoms with E-state index >= 15 is 0 Å². The normalized spacial score (nSPS) is 20.0. The summed E-state index contributed by atoms with van der Waals surface area (Å²) in [5.74, 6) is -1.12. The first kappa shape index (κ1) is 30.5. The van der Waals surface area contributed by atoms with Crippen LogP contribution < -0.4 is 15.4 Å². The number of unbranched alkanes of at least 4 members (excludes halogenated alkanes) is 1. The fourth-order valence-electron chi connectivity index (χ4n) is 6.28. The second-order valence-corrected chi connectivity index (χ2v) is 11.1. The van der Waals surface area contributed by atoms with Crippen molar-refractivity contribution < 1.29 is 24.2 Å². The van der Waals surface area contributed by atoms with Gasteiger partial charge in [0.2, 0.25) is 11.8 Å². The van der Waals surface area contributed by atoms with Crippen LogP contribution in [0.3, 0.4) is 0 Å². The highest BCUT2D eigenvalue weighted by Gasteiger charge is 2.47. The number of carboxylic acids is 1. The molecule has 2 amide bonds. The molecule has 1 saturated heterocycles. The maximum Gasteiger partial charge on any atom is 0.308 e. The predicted octanol–water partition coefficient (Wildman–Crippen LogP) is 3.64. The number of amides is 2. The Hall–Kier alpha value is -3.43. The number of nitrogens with two attached hydrogens (primary N) is 1. The van der Waals surface area contributed by atoms with Crippen molar-refractivity contribution in [2.45, 2.75) is 65.0 Å². The van der Waals surface area contributed by atoms with Crippen LogP contribution in [0.25, 0.3) is 0 Å². The third kappa shape index (κ3) is 7.08. The first-order chi connectivity index (χ1) is 19.8. The third-order valence-corrected chi connectivity index (χ3v) is 8.53. The largest absolute Gasteiger partial charge is 0.493 e. The molecule has 0 radical (unpaired) electrons. The summed E-state index contributed by atoms with van der Waals surface area (Å²) in [5.41, 5.74) is 9.69. The Kier molecular flexibility index (Phi) is 10.4. The zero-order chi connectivity index (χ0) is 29.5. The minimum atomic E-state index is -0.879. The van der Waals surface area contributed by atoms with Gasteiger partial charge in [0.1, 0.15) is 5.75 Å². The smallest absolute Gasteiger partial charge is 0.308 e. The zero-order valence-electron chi connectivity index (χ0n) is 24.6. The highest BCUT2D eigenvalue weighted by atomic mass is 16.5. The molecular weight excluding hydrogens is 520 g/mol. The lowest BCUT2D eigenvalue weighted by Gasteiger charge is -2.31. The van der Waals surface area contributed by atoms with Crippen LogP contribution in [0.2, 0.25) is 0 Å². The lowest BCUT2D eigenvalue weighted by molar-refractivity contribution is -0.143. The number of aliphatic carboxylic acids is 1. The molecule has 3 N–H and O–H groups in total. The number of hydrogen-bond acceptors (Lipinski definition) is 6. The number of rotatable bonds is 13. The van der Waals surface area contributed by atoms with E-state index in [2.05, 4.69) is 13.0 Å². The van der Waals surface area contributed by atoms with E-state index in [4.69, 9.17) is 10.5 Å². The molecule has 0 unspecified atom stereocenters. The number of carbonyl (C=O) groups is 3. The van der Waals surface area contributed by atoms with Gasteiger partial charge in [0.05, 0.1) is 19.1 Å². The van der Waals surface area contributed by atoms with Crippen molar-refractivity contribution >= 4 is 23.5 Å². The van der Waals surface area contributed by atoms with Gasteiger partial charge in [-0.05, 0) is 54.7 Å². The van der Waals surface area contributed by atoms with Crippen LogP contribution in [0.5, 0.6) is 5.75 Å². The van der Waals surface area contributed by atoms with Crippen molar-refractivity contribution in [2.75, 3.05) is 44.2 Å². The molecule has 41 heavy (non-hydrogen) atoms. The summed E-state index contributed by atoms with van der Waals surface area (Å²) in [6, 6.07) is 13.3. The first-order valence-electron chi connectivity index (χ1n) is 14.8. The molecule has 2 aliphatic heterocycles. The standard InChI is InChI=1S/C32H44N4O5/c1-4-6-14-36(26-9-7-8-23(17-26)19-33)30(38)21-35-20-27(24-10-11-29-25(18-24)13-16-41-29)31(32(39)40)28(35)12-15-34(5-2)22(3)37/h7-11,17-18,27-28,31H,4-6,12-16,19-21,33H2,1-3H3,(H,39,40)/t27-,28+,31-/m1/s1. The first-order valence-corrected chi connectivity index (χ1v) is 14.8. The minimum absolute atomic E-state index is 0.0410. The number of carbonyl (C=O) groups excluding carboxylic acids is 2. The quantitative estimate of drug-likeness (QED) is 0.382. The molecule has 0 aliphatic carbocycles. The molecule has 0 saturated carbocycles. The van der Waals surface area contributed by atoms with Crippen molar-refractivity contribution in [3.63, 3.8) is 0 Å². The molecule has 0 bridgehead atoms. The Labute approximate surface area is 243 Å². The number of carboxylic acid groups (broad SMARTS) is 1. The molecule has 2 aromatic carbocycles. The van der Waals surface area contributed by atoms with Gasteiger partial charge in [-0.2, -0.15) is 0 Å². The second-order valence-electron chi connectivity index (χ2n) is 11.1. The fraction of sp³-hybridized carbons (Fsp3) is 0.531. The van der Waals surface area contributed by atoms with Gasteiger partial charge in [-0.1, -0.05) is 37.6 Å². The molecule has 4 rings (SSSR count). The summed E-state index contributed by atoms with van der Waals surface area (Å²) in [6.45, 7) is 8.67. The van der Waals surface area contributed by atoms with E-state index in [9.17, 15) is 19.5 Å². The van der Waals surface area contributed by atoms with Crippen LogP contribution in [0, 0.1) is 5.92 Å². The molecule has 1 fully saturated rings. The maximum atomic E-state index is 14.0. The average molecular weight is 565 g/mol. The number of benzene rings is 2. The van der Waals surface area contributed by atoms with Gasteiger partial charge in [0.15, 0.2) is 0 Å². The molecule has 9 heteroatoms. The zero-order valence-corrected chi connectivity index (χ0v) is 24.6. The highest BCUT2D eigenvalue weighted by molar-refractivity contribution is 5.95. The molecule has 3 atom stereocenters. The summed E-state index contributed by atoms with van der Waals surface area (Å²) in [5, 5.41) is 10.5. The molecule has 2 aromatic rings. The fourth-order valence-corrected chi connectivity index (χ4v) is 6.28. The molecule has 0 spiro atoms. The molecule has 9 nitrogen and oxygen atoms in total. The summed E-state index contributed by atoms with van der Waals surface area (Å²) in [6.07, 6.45) is 3.07. The van der Waals surface area contributed by atoms with Gasteiger partial charge >= 0.3 is 5.97 Å². The van der Waals surface area contributed by atoms with Gasteiger partial charge < -0.3 is 25.4 Å². The van der Waals surface area contributed by atoms with Crippen molar-refractivity contribution in [3.8, 4) is 5.75 Å². The summed E-state index contributed by atoms with van der Waals surface area (Å²) >= 11 is 0. The van der Waals surface area contributed by atoms with Gasteiger partial charge in [-0.25, -0.2) is 0 Å². The van der Waals surface area contributed by atoms with E-state index in [1.54, 1.807) is 4.90 Å². The number of anilines is 1. The van der Waals surface area contributed by atoms with E-state index in [1.165, 1.54) is 6.92 Å². The Morgan fingerprint density at radius 3 is 2.61 bits per heavy atom. The van der Waals surface area contributed by atoms with E-state index in [-0.39, 0.29) is 24.3 Å². The minimum Gasteiger partial charge on any atom is -0.493 e. The van der Waals surface area contributed by atoms with Gasteiger partial charge in [0.25, 0.3) is 0 Å². The number of fused-ring (bicyclic) bond motifs is 1. The van der Waals surface area contributed by atoms with Gasteiger partial charge in [-0.15, -0.1) is 0 Å². The predicted molar refractivity (Wildman–Crippen MR) is 159 cm³/mol. The Morgan fingerprint density at radius 2 is 1.93 bits per heavy atom. The van der Waals surface area contributed by atoms with Crippen molar-refractivity contribution in [3.05, 3.63) is 59.2 Å². The van der Waals surface area contributed by atoms with Crippen LogP contribution in [-0.4, -0.2) is 78.1 Å². The molecule has 2 aliphatic rings. The van der Waals surface area contributed by atoms with E-state index in [0.29, 0.717) is 45.8 Å². The van der Waals surface area contributed by atoms with E-state index in [1.807, 2.05) is 53.1 Å². The van der Waals surface area contributed by atoms with E-state index in [0.717, 1.165) is 47.4 Å². The number of likely N-dealkylation sites (tertiary alicyclic amines) is 1. The molecule has 0 aromatic heterocycles. The Bertz CT molecular complexity index is 1230. The molecular formula is C32H44N4O5. The topological polar surface area (TPSA) is 116 Å². The number of ether oxygens (including phenoxy) is 1. The van der Waals surface area contributed by atoms with Crippen molar-refractivity contribution in [1.29, 1.82) is 0 Å². The highest BCUT2D eigenvalue weighted by Crippen LogP contribution is 2.41. The van der Waals surface area contributed by atoms with Crippen LogP contribution in [-0.2, 0) is 27.3 Å². The van der Waals surface area contributed by atoms with E-state index < -0.39 is 17.9 Å². The lowest BCUT2D eigenvalue weighted by Crippen LogP contribution is -2.46. The molecule has 2 heterocycles.